The highest BCUT2D eigenvalue weighted by Crippen LogP contribution is 2.04. The highest BCUT2D eigenvalue weighted by atomic mass is 16.5. The van der Waals surface area contributed by atoms with Gasteiger partial charge in [0.2, 0.25) is 0 Å². The smallest absolute Gasteiger partial charge is 0.0845 e. The first kappa shape index (κ1) is 11.8. The summed E-state index contributed by atoms with van der Waals surface area (Å²) in [7, 11) is 0. The van der Waals surface area contributed by atoms with Gasteiger partial charge in [-0.05, 0) is 38.7 Å². The van der Waals surface area contributed by atoms with E-state index in [2.05, 4.69) is 21.5 Å². The maximum atomic E-state index is 5.10. The lowest BCUT2D eigenvalue weighted by Crippen LogP contribution is -1.86. The van der Waals surface area contributed by atoms with E-state index in [1.165, 1.54) is 19.3 Å². The highest BCUT2D eigenvalue weighted by molar-refractivity contribution is 4.89. The monoisotopic (exact) mass is 209 g/mol. The number of rotatable bonds is 8. The SMILES string of the molecule is CCOC=CCCCCCc1c[nH]nn1. The van der Waals surface area contributed by atoms with Crippen LogP contribution < -0.4 is 0 Å². The summed E-state index contributed by atoms with van der Waals surface area (Å²) in [6.45, 7) is 2.74. The third-order valence-electron chi connectivity index (χ3n) is 2.13. The van der Waals surface area contributed by atoms with E-state index in [9.17, 15) is 0 Å². The Hall–Kier alpha value is -1.32. The predicted octanol–water partition coefficient (Wildman–Crippen LogP) is 2.46. The van der Waals surface area contributed by atoms with Crippen molar-refractivity contribution < 1.29 is 4.74 Å². The predicted molar refractivity (Wildman–Crippen MR) is 59.3 cm³/mol. The third kappa shape index (κ3) is 5.88. The first-order chi connectivity index (χ1) is 7.43. The summed E-state index contributed by atoms with van der Waals surface area (Å²) in [5.74, 6) is 0. The van der Waals surface area contributed by atoms with Crippen LogP contribution in [0.2, 0.25) is 0 Å². The first-order valence-electron chi connectivity index (χ1n) is 5.55. The quantitative estimate of drug-likeness (QED) is 0.528. The minimum atomic E-state index is 0.753. The molecule has 1 heterocycles. The number of aryl methyl sites for hydroxylation is 1. The molecule has 0 radical (unpaired) electrons. The van der Waals surface area contributed by atoms with Crippen molar-refractivity contribution in [3.05, 3.63) is 24.2 Å². The first-order valence-corrected chi connectivity index (χ1v) is 5.55. The van der Waals surface area contributed by atoms with Crippen LogP contribution >= 0.6 is 0 Å². The number of hydrogen-bond donors (Lipinski definition) is 1. The average Bonchev–Trinajstić information content (AvgIpc) is 2.75. The Kier molecular flexibility index (Phi) is 6.29. The number of nitrogens with zero attached hydrogens (tertiary/aromatic N) is 2. The number of unbranched alkanes of at least 4 members (excludes halogenated alkanes) is 3. The number of allylic oxidation sites excluding steroid dienone is 1. The molecule has 0 spiro atoms. The minimum Gasteiger partial charge on any atom is -0.502 e. The molecule has 1 aromatic heterocycles. The van der Waals surface area contributed by atoms with E-state index in [4.69, 9.17) is 4.74 Å². The summed E-state index contributed by atoms with van der Waals surface area (Å²) in [5.41, 5.74) is 1.06. The second-order valence-electron chi connectivity index (χ2n) is 3.39. The topological polar surface area (TPSA) is 50.8 Å². The molecule has 0 fully saturated rings. The van der Waals surface area contributed by atoms with E-state index in [1.807, 2.05) is 13.1 Å². The van der Waals surface area contributed by atoms with E-state index < -0.39 is 0 Å². The lowest BCUT2D eigenvalue weighted by atomic mass is 10.1. The molecule has 0 bridgehead atoms. The number of H-pyrrole nitrogens is 1. The van der Waals surface area contributed by atoms with Gasteiger partial charge in [-0.15, -0.1) is 5.10 Å². The molecule has 0 saturated heterocycles. The Morgan fingerprint density at radius 2 is 2.33 bits per heavy atom. The fourth-order valence-electron chi connectivity index (χ4n) is 1.32. The number of aromatic amines is 1. The molecule has 4 nitrogen and oxygen atoms in total. The van der Waals surface area contributed by atoms with Crippen LogP contribution in [-0.4, -0.2) is 22.0 Å². The van der Waals surface area contributed by atoms with Gasteiger partial charge in [-0.2, -0.15) is 0 Å². The van der Waals surface area contributed by atoms with Crippen LogP contribution in [0.25, 0.3) is 0 Å². The molecule has 0 aliphatic carbocycles. The lowest BCUT2D eigenvalue weighted by Gasteiger charge is -1.96. The number of ether oxygens (including phenoxy) is 1. The van der Waals surface area contributed by atoms with Gasteiger partial charge in [0.25, 0.3) is 0 Å². The second-order valence-corrected chi connectivity index (χ2v) is 3.39. The Labute approximate surface area is 90.7 Å². The van der Waals surface area contributed by atoms with Crippen LogP contribution in [0.1, 0.15) is 38.3 Å². The van der Waals surface area contributed by atoms with Crippen molar-refractivity contribution in [2.24, 2.45) is 0 Å². The summed E-state index contributed by atoms with van der Waals surface area (Å²) in [4.78, 5) is 0. The van der Waals surface area contributed by atoms with E-state index >= 15 is 0 Å². The number of aromatic nitrogens is 3. The van der Waals surface area contributed by atoms with Gasteiger partial charge in [-0.1, -0.05) is 11.6 Å². The van der Waals surface area contributed by atoms with Crippen molar-refractivity contribution >= 4 is 0 Å². The molecule has 0 amide bonds. The number of nitrogens with one attached hydrogen (secondary N) is 1. The zero-order valence-corrected chi connectivity index (χ0v) is 9.28. The number of hydrogen-bond acceptors (Lipinski definition) is 3. The summed E-state index contributed by atoms with van der Waals surface area (Å²) >= 11 is 0. The van der Waals surface area contributed by atoms with Crippen LogP contribution in [0.4, 0.5) is 0 Å². The molecular weight excluding hydrogens is 190 g/mol. The molecule has 4 heteroatoms. The van der Waals surface area contributed by atoms with E-state index in [1.54, 1.807) is 6.26 Å². The second kappa shape index (κ2) is 8.03. The third-order valence-corrected chi connectivity index (χ3v) is 2.13. The van der Waals surface area contributed by atoms with Gasteiger partial charge in [0, 0.05) is 6.20 Å². The molecule has 0 unspecified atom stereocenters. The maximum absolute atomic E-state index is 5.10. The molecule has 0 saturated carbocycles. The van der Waals surface area contributed by atoms with Crippen LogP contribution in [0.5, 0.6) is 0 Å². The summed E-state index contributed by atoms with van der Waals surface area (Å²) in [6.07, 6.45) is 11.5. The molecule has 15 heavy (non-hydrogen) atoms. The summed E-state index contributed by atoms with van der Waals surface area (Å²) < 4.78 is 5.10. The molecule has 1 N–H and O–H groups in total. The van der Waals surface area contributed by atoms with Gasteiger partial charge in [0.15, 0.2) is 0 Å². The van der Waals surface area contributed by atoms with Crippen LogP contribution in [-0.2, 0) is 11.2 Å². The fraction of sp³-hybridized carbons (Fsp3) is 0.636. The zero-order chi connectivity index (χ0) is 10.8. The van der Waals surface area contributed by atoms with Gasteiger partial charge in [-0.3, -0.25) is 5.10 Å². The summed E-state index contributed by atoms with van der Waals surface area (Å²) in [5, 5.41) is 10.3. The standard InChI is InChI=1S/C11H19N3O/c1-2-15-9-7-5-3-4-6-8-11-10-12-14-13-11/h7,9-10H,2-6,8H2,1H3,(H,12,13,14). The molecule has 0 aliphatic heterocycles. The normalized spacial score (nSPS) is 11.0. The molecule has 0 aromatic carbocycles. The van der Waals surface area contributed by atoms with Gasteiger partial charge < -0.3 is 4.74 Å². The van der Waals surface area contributed by atoms with Crippen molar-refractivity contribution in [1.82, 2.24) is 15.4 Å². The molecule has 1 aromatic rings. The molecule has 0 atom stereocenters. The molecular formula is C11H19N3O. The maximum Gasteiger partial charge on any atom is 0.0845 e. The Morgan fingerprint density at radius 1 is 1.40 bits per heavy atom. The van der Waals surface area contributed by atoms with Gasteiger partial charge in [0.1, 0.15) is 0 Å². The Balaban J connectivity index is 1.89. The van der Waals surface area contributed by atoms with Crippen molar-refractivity contribution in [2.75, 3.05) is 6.61 Å². The van der Waals surface area contributed by atoms with Crippen LogP contribution in [0.15, 0.2) is 18.5 Å². The lowest BCUT2D eigenvalue weighted by molar-refractivity contribution is 0.268. The molecule has 1 rings (SSSR count). The Bertz CT molecular complexity index is 257. The van der Waals surface area contributed by atoms with E-state index in [0.29, 0.717) is 0 Å². The van der Waals surface area contributed by atoms with Gasteiger partial charge >= 0.3 is 0 Å². The van der Waals surface area contributed by atoms with Gasteiger partial charge in [-0.25, -0.2) is 0 Å². The van der Waals surface area contributed by atoms with E-state index in [-0.39, 0.29) is 0 Å². The van der Waals surface area contributed by atoms with E-state index in [0.717, 1.165) is 25.1 Å². The van der Waals surface area contributed by atoms with Crippen molar-refractivity contribution in [1.29, 1.82) is 0 Å². The zero-order valence-electron chi connectivity index (χ0n) is 9.28. The van der Waals surface area contributed by atoms with Crippen molar-refractivity contribution in [3.63, 3.8) is 0 Å². The van der Waals surface area contributed by atoms with Crippen LogP contribution in [0.3, 0.4) is 0 Å². The van der Waals surface area contributed by atoms with Crippen molar-refractivity contribution in [2.45, 2.75) is 39.0 Å². The molecule has 0 aliphatic rings. The largest absolute Gasteiger partial charge is 0.502 e. The average molecular weight is 209 g/mol. The van der Waals surface area contributed by atoms with Crippen molar-refractivity contribution in [3.8, 4) is 0 Å². The van der Waals surface area contributed by atoms with Crippen LogP contribution in [0, 0.1) is 0 Å². The fourth-order valence-corrected chi connectivity index (χ4v) is 1.32. The Morgan fingerprint density at radius 3 is 3.07 bits per heavy atom. The summed E-state index contributed by atoms with van der Waals surface area (Å²) in [6, 6.07) is 0. The minimum absolute atomic E-state index is 0.753. The highest BCUT2D eigenvalue weighted by Gasteiger charge is 1.94. The van der Waals surface area contributed by atoms with Gasteiger partial charge in [0.05, 0.1) is 18.6 Å². The molecule has 84 valence electrons.